The van der Waals surface area contributed by atoms with Crippen LogP contribution in [0.1, 0.15) is 5.56 Å². The molecule has 0 fully saturated rings. The summed E-state index contributed by atoms with van der Waals surface area (Å²) in [5.41, 5.74) is 0.0953. The molecule has 1 aromatic rings. The number of nitro benzene ring substituents is 1. The van der Waals surface area contributed by atoms with E-state index in [1.54, 1.807) is 0 Å². The second-order valence-electron chi connectivity index (χ2n) is 4.72. The number of benzene rings is 1. The van der Waals surface area contributed by atoms with E-state index in [2.05, 4.69) is 15.2 Å². The maximum atomic E-state index is 11.7. The number of carbonyl (C=O) groups is 1. The van der Waals surface area contributed by atoms with Gasteiger partial charge in [0.15, 0.2) is 0 Å². The van der Waals surface area contributed by atoms with Crippen LogP contribution >= 0.6 is 0 Å². The smallest absolute Gasteiger partial charge is 0.407 e. The third-order valence-corrected chi connectivity index (χ3v) is 2.67. The average Bonchev–Trinajstić information content (AvgIpc) is 2.45. The first-order valence-corrected chi connectivity index (χ1v) is 6.72. The standard InChI is InChI=1S/C12H17B2N3O6/c1-13(19)15-9-5-4-8(11(7-9)17(21)22)6-10(12(18)23-3)16-14(2)20/h4-7,15-16,19-20H,1-3H3/b10-6-. The second-order valence-corrected chi connectivity index (χ2v) is 4.72. The quantitative estimate of drug-likeness (QED) is 0.186. The molecule has 11 heteroatoms. The van der Waals surface area contributed by atoms with Gasteiger partial charge in [0.25, 0.3) is 5.69 Å². The van der Waals surface area contributed by atoms with Crippen LogP contribution in [0.3, 0.4) is 0 Å². The number of hydrogen-bond donors (Lipinski definition) is 4. The Hall–Kier alpha value is -2.52. The van der Waals surface area contributed by atoms with Gasteiger partial charge in [0.05, 0.1) is 17.6 Å². The van der Waals surface area contributed by atoms with Crippen LogP contribution in [0.4, 0.5) is 11.4 Å². The van der Waals surface area contributed by atoms with Gasteiger partial charge in [-0.25, -0.2) is 4.79 Å². The minimum absolute atomic E-state index is 0.123. The van der Waals surface area contributed by atoms with Gasteiger partial charge < -0.3 is 25.2 Å². The van der Waals surface area contributed by atoms with E-state index in [1.807, 2.05) is 0 Å². The molecule has 0 heterocycles. The van der Waals surface area contributed by atoms with E-state index < -0.39 is 25.0 Å². The molecule has 1 aromatic carbocycles. The fourth-order valence-electron chi connectivity index (χ4n) is 1.80. The number of anilines is 1. The fourth-order valence-corrected chi connectivity index (χ4v) is 1.80. The van der Waals surface area contributed by atoms with Gasteiger partial charge in [-0.3, -0.25) is 10.1 Å². The van der Waals surface area contributed by atoms with Crippen molar-refractivity contribution in [3.05, 3.63) is 39.6 Å². The maximum absolute atomic E-state index is 11.7. The Morgan fingerprint density at radius 2 is 2.00 bits per heavy atom. The summed E-state index contributed by atoms with van der Waals surface area (Å²) in [5.74, 6) is -0.772. The molecule has 0 amide bonds. The van der Waals surface area contributed by atoms with Gasteiger partial charge >= 0.3 is 20.1 Å². The Morgan fingerprint density at radius 3 is 2.48 bits per heavy atom. The zero-order chi connectivity index (χ0) is 17.6. The zero-order valence-electron chi connectivity index (χ0n) is 12.9. The minimum Gasteiger partial charge on any atom is -0.464 e. The molecule has 0 saturated carbocycles. The molecule has 0 aliphatic heterocycles. The van der Waals surface area contributed by atoms with Gasteiger partial charge in [-0.2, -0.15) is 0 Å². The molecule has 0 aliphatic rings. The number of methoxy groups -OCH3 is 1. The Bertz CT molecular complexity index is 621. The molecule has 0 saturated heterocycles. The second kappa shape index (κ2) is 8.20. The Labute approximate surface area is 133 Å². The van der Waals surface area contributed by atoms with E-state index in [9.17, 15) is 25.0 Å². The van der Waals surface area contributed by atoms with Crippen LogP contribution < -0.4 is 10.5 Å². The Morgan fingerprint density at radius 1 is 1.35 bits per heavy atom. The number of nitro groups is 1. The molecule has 4 N–H and O–H groups in total. The normalized spacial score (nSPS) is 10.7. The molecule has 122 valence electrons. The molecule has 0 aliphatic carbocycles. The Balaban J connectivity index is 3.30. The summed E-state index contributed by atoms with van der Waals surface area (Å²) in [7, 11) is -0.765. The fraction of sp³-hybridized carbons (Fsp3) is 0.250. The molecule has 0 spiro atoms. The highest BCUT2D eigenvalue weighted by molar-refractivity contribution is 6.52. The SMILES string of the molecule is COC(=O)/C(=C/c1ccc(NB(C)O)cc1[N+](=O)[O-])NB(C)O. The van der Waals surface area contributed by atoms with Crippen molar-refractivity contribution < 1.29 is 24.5 Å². The van der Waals surface area contributed by atoms with Crippen LogP contribution in [-0.2, 0) is 9.53 Å². The van der Waals surface area contributed by atoms with Crippen molar-refractivity contribution in [2.75, 3.05) is 12.3 Å². The summed E-state index contributed by atoms with van der Waals surface area (Å²) in [4.78, 5) is 22.3. The van der Waals surface area contributed by atoms with Crippen LogP contribution in [0.25, 0.3) is 6.08 Å². The van der Waals surface area contributed by atoms with Crippen LogP contribution in [0.15, 0.2) is 23.9 Å². The lowest BCUT2D eigenvalue weighted by Gasteiger charge is -2.10. The van der Waals surface area contributed by atoms with E-state index in [-0.39, 0.29) is 16.9 Å². The van der Waals surface area contributed by atoms with E-state index in [0.29, 0.717) is 5.69 Å². The summed E-state index contributed by atoms with van der Waals surface area (Å²) >= 11 is 0. The van der Waals surface area contributed by atoms with Gasteiger partial charge in [-0.1, -0.05) is 0 Å². The van der Waals surface area contributed by atoms with Gasteiger partial charge in [-0.05, 0) is 31.9 Å². The minimum atomic E-state index is -1.05. The number of rotatable bonds is 7. The molecule has 0 radical (unpaired) electrons. The number of ether oxygens (including phenoxy) is 1. The largest absolute Gasteiger partial charge is 0.464 e. The van der Waals surface area contributed by atoms with Gasteiger partial charge in [0.2, 0.25) is 0 Å². The molecule has 1 rings (SSSR count). The van der Waals surface area contributed by atoms with Crippen molar-refractivity contribution in [3.8, 4) is 0 Å². The van der Waals surface area contributed by atoms with E-state index >= 15 is 0 Å². The highest BCUT2D eigenvalue weighted by Crippen LogP contribution is 2.25. The molecule has 9 nitrogen and oxygen atoms in total. The highest BCUT2D eigenvalue weighted by Gasteiger charge is 2.19. The van der Waals surface area contributed by atoms with E-state index in [0.717, 1.165) is 7.11 Å². The summed E-state index contributed by atoms with van der Waals surface area (Å²) < 4.78 is 4.57. The van der Waals surface area contributed by atoms with Crippen molar-refractivity contribution in [1.29, 1.82) is 0 Å². The van der Waals surface area contributed by atoms with Gasteiger partial charge in [-0.15, -0.1) is 0 Å². The number of carbonyl (C=O) groups excluding carboxylic acids is 1. The van der Waals surface area contributed by atoms with Crippen molar-refractivity contribution in [1.82, 2.24) is 5.23 Å². The van der Waals surface area contributed by atoms with Crippen LogP contribution in [0, 0.1) is 10.1 Å². The average molecular weight is 321 g/mol. The van der Waals surface area contributed by atoms with Crippen LogP contribution in [0.2, 0.25) is 13.6 Å². The van der Waals surface area contributed by atoms with Crippen LogP contribution in [0.5, 0.6) is 0 Å². The lowest BCUT2D eigenvalue weighted by molar-refractivity contribution is -0.385. The molecular formula is C12H17B2N3O6. The van der Waals surface area contributed by atoms with Crippen molar-refractivity contribution >= 4 is 37.5 Å². The lowest BCUT2D eigenvalue weighted by Crippen LogP contribution is -2.33. The van der Waals surface area contributed by atoms with Gasteiger partial charge in [0.1, 0.15) is 5.70 Å². The topological polar surface area (TPSA) is 134 Å². The first kappa shape index (κ1) is 18.5. The van der Waals surface area contributed by atoms with Crippen molar-refractivity contribution in [2.45, 2.75) is 13.6 Å². The predicted molar refractivity (Wildman–Crippen MR) is 87.5 cm³/mol. The number of nitrogens with zero attached hydrogens (tertiary/aromatic N) is 1. The molecular weight excluding hydrogens is 304 g/mol. The Kier molecular flexibility index (Phi) is 6.61. The van der Waals surface area contributed by atoms with Gasteiger partial charge in [0, 0.05) is 11.8 Å². The summed E-state index contributed by atoms with van der Waals surface area (Å²) in [5, 5.41) is 34.9. The zero-order valence-corrected chi connectivity index (χ0v) is 12.9. The summed E-state index contributed by atoms with van der Waals surface area (Å²) in [6.07, 6.45) is 1.21. The number of esters is 1. The lowest BCUT2D eigenvalue weighted by atomic mass is 9.87. The van der Waals surface area contributed by atoms with E-state index in [1.165, 1.54) is 37.9 Å². The van der Waals surface area contributed by atoms with Crippen molar-refractivity contribution in [2.24, 2.45) is 0 Å². The molecule has 0 unspecified atom stereocenters. The summed E-state index contributed by atoms with van der Waals surface area (Å²) in [6.45, 7) is 2.86. The number of hydrogen-bond acceptors (Lipinski definition) is 8. The third kappa shape index (κ3) is 5.64. The molecule has 0 atom stereocenters. The molecule has 0 bridgehead atoms. The van der Waals surface area contributed by atoms with Crippen LogP contribution in [-0.4, -0.2) is 42.2 Å². The molecule has 23 heavy (non-hydrogen) atoms. The highest BCUT2D eigenvalue weighted by atomic mass is 16.6. The molecule has 0 aromatic heterocycles. The summed E-state index contributed by atoms with van der Waals surface area (Å²) in [6, 6.07) is 4.16. The predicted octanol–water partition coefficient (Wildman–Crippen LogP) is 0.331. The maximum Gasteiger partial charge on any atom is 0.407 e. The third-order valence-electron chi connectivity index (χ3n) is 2.67. The number of nitrogens with one attached hydrogen (secondary N) is 2. The first-order valence-electron chi connectivity index (χ1n) is 6.72. The van der Waals surface area contributed by atoms with Crippen molar-refractivity contribution in [3.63, 3.8) is 0 Å². The van der Waals surface area contributed by atoms with E-state index in [4.69, 9.17) is 0 Å². The first-order chi connectivity index (χ1) is 10.7. The monoisotopic (exact) mass is 321 g/mol.